The molecule has 0 radical (unpaired) electrons. The van der Waals surface area contributed by atoms with Crippen LogP contribution in [0.3, 0.4) is 0 Å². The lowest BCUT2D eigenvalue weighted by atomic mass is 10.2. The van der Waals surface area contributed by atoms with Crippen LogP contribution < -0.4 is 0 Å². The molecule has 2 rings (SSSR count). The van der Waals surface area contributed by atoms with Gasteiger partial charge in [0.1, 0.15) is 4.88 Å². The second-order valence-electron chi connectivity index (χ2n) is 4.15. The monoisotopic (exact) mass is 269 g/mol. The molecule has 0 saturated carbocycles. The minimum atomic E-state index is 0.307. The van der Waals surface area contributed by atoms with Gasteiger partial charge in [-0.3, -0.25) is 0 Å². The Labute approximate surface area is 109 Å². The minimum Gasteiger partial charge on any atom is -0.408 e. The number of nitrogens with zero attached hydrogens (tertiary/aromatic N) is 2. The Hall–Kier alpha value is -1.01. The van der Waals surface area contributed by atoms with Crippen LogP contribution in [0.1, 0.15) is 43.8 Å². The Morgan fingerprint density at radius 1 is 1.47 bits per heavy atom. The SMILES string of the molecule is CCCc1nc(C(C)C)sc1-c1n[nH]c(=S)o1. The summed E-state index contributed by atoms with van der Waals surface area (Å²) in [5.41, 5.74) is 1.06. The van der Waals surface area contributed by atoms with Gasteiger partial charge in [0.2, 0.25) is 0 Å². The Morgan fingerprint density at radius 2 is 2.24 bits per heavy atom. The van der Waals surface area contributed by atoms with Gasteiger partial charge in [-0.1, -0.05) is 27.2 Å². The molecule has 0 fully saturated rings. The van der Waals surface area contributed by atoms with Crippen molar-refractivity contribution in [3.05, 3.63) is 15.5 Å². The molecule has 1 N–H and O–H groups in total. The second kappa shape index (κ2) is 5.10. The average Bonchev–Trinajstić information content (AvgIpc) is 2.85. The van der Waals surface area contributed by atoms with E-state index in [1.54, 1.807) is 11.3 Å². The number of rotatable bonds is 4. The molecule has 6 heteroatoms. The summed E-state index contributed by atoms with van der Waals surface area (Å²) < 4.78 is 5.37. The fourth-order valence-corrected chi connectivity index (χ4v) is 2.68. The van der Waals surface area contributed by atoms with Crippen molar-refractivity contribution in [1.82, 2.24) is 15.2 Å². The van der Waals surface area contributed by atoms with Crippen molar-refractivity contribution in [3.8, 4) is 10.8 Å². The third-order valence-electron chi connectivity index (χ3n) is 2.33. The smallest absolute Gasteiger partial charge is 0.284 e. The van der Waals surface area contributed by atoms with Crippen LogP contribution >= 0.6 is 23.6 Å². The highest BCUT2D eigenvalue weighted by Crippen LogP contribution is 2.33. The largest absolute Gasteiger partial charge is 0.408 e. The van der Waals surface area contributed by atoms with E-state index in [1.165, 1.54) is 0 Å². The van der Waals surface area contributed by atoms with Gasteiger partial charge in [0.15, 0.2) is 0 Å². The third-order valence-corrected chi connectivity index (χ3v) is 3.89. The molecule has 17 heavy (non-hydrogen) atoms. The topological polar surface area (TPSA) is 54.7 Å². The third kappa shape index (κ3) is 2.63. The van der Waals surface area contributed by atoms with Crippen molar-refractivity contribution in [2.24, 2.45) is 0 Å². The summed E-state index contributed by atoms with van der Waals surface area (Å²) in [7, 11) is 0. The van der Waals surface area contributed by atoms with Crippen molar-refractivity contribution in [1.29, 1.82) is 0 Å². The second-order valence-corrected chi connectivity index (χ2v) is 5.55. The number of aryl methyl sites for hydroxylation is 1. The van der Waals surface area contributed by atoms with Crippen LogP contribution in [0.4, 0.5) is 0 Å². The average molecular weight is 269 g/mol. The summed E-state index contributed by atoms with van der Waals surface area (Å²) in [6.07, 6.45) is 1.99. The van der Waals surface area contributed by atoms with Crippen molar-refractivity contribution >= 4 is 23.6 Å². The van der Waals surface area contributed by atoms with E-state index in [0.717, 1.165) is 28.4 Å². The molecule has 0 atom stereocenters. The zero-order chi connectivity index (χ0) is 12.4. The van der Waals surface area contributed by atoms with Gasteiger partial charge in [-0.25, -0.2) is 10.1 Å². The molecule has 0 aliphatic carbocycles. The van der Waals surface area contributed by atoms with E-state index in [2.05, 4.69) is 36.0 Å². The number of aromatic amines is 1. The predicted molar refractivity (Wildman–Crippen MR) is 70.9 cm³/mol. The summed E-state index contributed by atoms with van der Waals surface area (Å²) in [6, 6.07) is 0. The highest BCUT2D eigenvalue weighted by Gasteiger charge is 2.17. The lowest BCUT2D eigenvalue weighted by molar-refractivity contribution is 0.552. The molecular weight excluding hydrogens is 254 g/mol. The molecule has 0 aliphatic heterocycles. The molecule has 0 amide bonds. The number of hydrogen-bond donors (Lipinski definition) is 1. The molecule has 0 unspecified atom stereocenters. The van der Waals surface area contributed by atoms with Crippen LogP contribution in [0.2, 0.25) is 0 Å². The zero-order valence-corrected chi connectivity index (χ0v) is 11.7. The maximum absolute atomic E-state index is 5.37. The van der Waals surface area contributed by atoms with Crippen LogP contribution in [0.25, 0.3) is 10.8 Å². The molecule has 0 spiro atoms. The van der Waals surface area contributed by atoms with Gasteiger partial charge in [-0.2, -0.15) is 0 Å². The molecule has 0 bridgehead atoms. The molecule has 0 aliphatic rings. The zero-order valence-electron chi connectivity index (χ0n) is 10.1. The molecule has 2 heterocycles. The van der Waals surface area contributed by atoms with Gasteiger partial charge in [-0.05, 0) is 18.6 Å². The summed E-state index contributed by atoms with van der Waals surface area (Å²) in [4.78, 5) is 5.97. The van der Waals surface area contributed by atoms with E-state index in [1.807, 2.05) is 0 Å². The molecule has 2 aromatic heterocycles. The van der Waals surface area contributed by atoms with Crippen LogP contribution in [-0.2, 0) is 6.42 Å². The maximum atomic E-state index is 5.37. The first kappa shape index (κ1) is 12.4. The standard InChI is InChI=1S/C11H15N3OS2/c1-4-5-7-8(9-13-14-11(16)15-9)17-10(12-7)6(2)3/h6H,4-5H2,1-3H3,(H,14,16). The van der Waals surface area contributed by atoms with Crippen molar-refractivity contribution < 1.29 is 4.42 Å². The number of H-pyrrole nitrogens is 1. The van der Waals surface area contributed by atoms with Gasteiger partial charge in [0.05, 0.1) is 10.7 Å². The number of nitrogens with one attached hydrogen (secondary N) is 1. The molecule has 2 aromatic rings. The number of thiazole rings is 1. The van der Waals surface area contributed by atoms with Gasteiger partial charge in [0.25, 0.3) is 10.7 Å². The van der Waals surface area contributed by atoms with E-state index < -0.39 is 0 Å². The highest BCUT2D eigenvalue weighted by atomic mass is 32.1. The first-order valence-electron chi connectivity index (χ1n) is 5.67. The normalized spacial score (nSPS) is 11.3. The van der Waals surface area contributed by atoms with Gasteiger partial charge in [-0.15, -0.1) is 16.4 Å². The van der Waals surface area contributed by atoms with Gasteiger partial charge >= 0.3 is 0 Å². The Kier molecular flexibility index (Phi) is 3.73. The van der Waals surface area contributed by atoms with Crippen LogP contribution in [0.5, 0.6) is 0 Å². The van der Waals surface area contributed by atoms with Crippen molar-refractivity contribution in [3.63, 3.8) is 0 Å². The Bertz CT molecular complexity index is 553. The van der Waals surface area contributed by atoms with Crippen molar-refractivity contribution in [2.45, 2.75) is 39.5 Å². The highest BCUT2D eigenvalue weighted by molar-refractivity contribution is 7.71. The molecule has 0 saturated heterocycles. The lowest BCUT2D eigenvalue weighted by Crippen LogP contribution is -1.89. The Balaban J connectivity index is 2.47. The van der Waals surface area contributed by atoms with Gasteiger partial charge in [0, 0.05) is 5.92 Å². The van der Waals surface area contributed by atoms with E-state index in [0.29, 0.717) is 16.6 Å². The summed E-state index contributed by atoms with van der Waals surface area (Å²) >= 11 is 6.54. The minimum absolute atomic E-state index is 0.307. The molecule has 92 valence electrons. The first-order chi connectivity index (χ1) is 8.11. The van der Waals surface area contributed by atoms with E-state index in [4.69, 9.17) is 16.6 Å². The van der Waals surface area contributed by atoms with Crippen LogP contribution in [0.15, 0.2) is 4.42 Å². The van der Waals surface area contributed by atoms with E-state index in [-0.39, 0.29) is 0 Å². The molecular formula is C11H15N3OS2. The van der Waals surface area contributed by atoms with Crippen molar-refractivity contribution in [2.75, 3.05) is 0 Å². The van der Waals surface area contributed by atoms with E-state index in [9.17, 15) is 0 Å². The number of aromatic nitrogens is 3. The van der Waals surface area contributed by atoms with Crippen LogP contribution in [-0.4, -0.2) is 15.2 Å². The fraction of sp³-hybridized carbons (Fsp3) is 0.545. The first-order valence-corrected chi connectivity index (χ1v) is 6.89. The summed E-state index contributed by atoms with van der Waals surface area (Å²) in [6.45, 7) is 6.41. The quantitative estimate of drug-likeness (QED) is 0.854. The van der Waals surface area contributed by atoms with Gasteiger partial charge < -0.3 is 4.42 Å². The number of hydrogen-bond acceptors (Lipinski definition) is 5. The van der Waals surface area contributed by atoms with E-state index >= 15 is 0 Å². The lowest BCUT2D eigenvalue weighted by Gasteiger charge is -1.95. The molecule has 0 aromatic carbocycles. The molecule has 4 nitrogen and oxygen atoms in total. The summed E-state index contributed by atoms with van der Waals surface area (Å²) in [5, 5.41) is 7.85. The Morgan fingerprint density at radius 3 is 2.76 bits per heavy atom. The maximum Gasteiger partial charge on any atom is 0.284 e. The fourth-order valence-electron chi connectivity index (χ4n) is 1.52. The predicted octanol–water partition coefficient (Wildman–Crippen LogP) is 3.93. The van der Waals surface area contributed by atoms with Crippen LogP contribution in [0, 0.1) is 4.84 Å². The summed E-state index contributed by atoms with van der Waals surface area (Å²) in [5.74, 6) is 0.981.